The molecule has 1 aromatic carbocycles. The van der Waals surface area contributed by atoms with Gasteiger partial charge < -0.3 is 14.4 Å². The van der Waals surface area contributed by atoms with Gasteiger partial charge in [-0.3, -0.25) is 4.79 Å². The maximum absolute atomic E-state index is 13.0. The first-order chi connectivity index (χ1) is 10.3. The number of carbonyl (C=O) groups excluding carboxylic acids is 1. The van der Waals surface area contributed by atoms with Crippen LogP contribution in [-0.4, -0.2) is 34.6 Å². The number of halogens is 1. The Balaban J connectivity index is 2.31. The van der Waals surface area contributed by atoms with Crippen molar-refractivity contribution in [3.63, 3.8) is 0 Å². The summed E-state index contributed by atoms with van der Waals surface area (Å²) in [6, 6.07) is 7.56. The summed E-state index contributed by atoms with van der Waals surface area (Å²) in [7, 11) is 0. The minimum absolute atomic E-state index is 0.192. The number of furan rings is 1. The Kier molecular flexibility index (Phi) is 4.66. The van der Waals surface area contributed by atoms with Crippen LogP contribution >= 0.6 is 0 Å². The molecule has 1 heterocycles. The molecule has 1 N–H and O–H groups in total. The van der Waals surface area contributed by atoms with E-state index in [9.17, 15) is 14.3 Å². The van der Waals surface area contributed by atoms with E-state index in [1.165, 1.54) is 23.3 Å². The van der Waals surface area contributed by atoms with Crippen LogP contribution in [0.25, 0.3) is 11.1 Å². The lowest BCUT2D eigenvalue weighted by Gasteiger charge is -2.27. The molecule has 0 spiro atoms. The van der Waals surface area contributed by atoms with Crippen LogP contribution in [0.5, 0.6) is 0 Å². The highest BCUT2D eigenvalue weighted by molar-refractivity contribution is 5.98. The summed E-state index contributed by atoms with van der Waals surface area (Å²) in [5.41, 5.74) is 0.325. The van der Waals surface area contributed by atoms with E-state index in [2.05, 4.69) is 0 Å². The van der Waals surface area contributed by atoms with Gasteiger partial charge in [0, 0.05) is 18.7 Å². The Hall–Kier alpha value is -2.14. The van der Waals surface area contributed by atoms with Crippen molar-refractivity contribution in [1.82, 2.24) is 4.90 Å². The van der Waals surface area contributed by atoms with E-state index in [-0.39, 0.29) is 24.0 Å². The molecule has 0 aliphatic carbocycles. The fourth-order valence-electron chi connectivity index (χ4n) is 2.27. The van der Waals surface area contributed by atoms with Gasteiger partial charge in [-0.05, 0) is 44.5 Å². The molecule has 2 rings (SSSR count). The maximum Gasteiger partial charge on any atom is 0.290 e. The third-order valence-electron chi connectivity index (χ3n) is 3.26. The molecule has 0 atom stereocenters. The average molecular weight is 305 g/mol. The Bertz CT molecular complexity index is 641. The summed E-state index contributed by atoms with van der Waals surface area (Å²) < 4.78 is 18.4. The van der Waals surface area contributed by atoms with Crippen LogP contribution in [0.2, 0.25) is 0 Å². The molecule has 0 saturated carbocycles. The van der Waals surface area contributed by atoms with Crippen LogP contribution < -0.4 is 0 Å². The molecule has 0 aliphatic heterocycles. The Morgan fingerprint density at radius 3 is 2.45 bits per heavy atom. The van der Waals surface area contributed by atoms with Crippen molar-refractivity contribution in [3.8, 4) is 11.1 Å². The zero-order valence-corrected chi connectivity index (χ0v) is 13.0. The van der Waals surface area contributed by atoms with E-state index in [1.807, 2.05) is 6.92 Å². The van der Waals surface area contributed by atoms with E-state index in [0.29, 0.717) is 17.7 Å². The quantitative estimate of drug-likeness (QED) is 0.922. The molecule has 5 heteroatoms. The zero-order valence-electron chi connectivity index (χ0n) is 13.0. The molecule has 22 heavy (non-hydrogen) atoms. The van der Waals surface area contributed by atoms with Crippen molar-refractivity contribution in [3.05, 3.63) is 48.2 Å². The summed E-state index contributed by atoms with van der Waals surface area (Å²) in [5, 5.41) is 9.92. The average Bonchev–Trinajstić information content (AvgIpc) is 2.93. The van der Waals surface area contributed by atoms with Gasteiger partial charge in [-0.2, -0.15) is 0 Å². The number of nitrogens with zero attached hydrogens (tertiary/aromatic N) is 1. The summed E-state index contributed by atoms with van der Waals surface area (Å²) in [6.07, 6.45) is 1.43. The fraction of sp³-hybridized carbons (Fsp3) is 0.353. The third-order valence-corrected chi connectivity index (χ3v) is 3.26. The first-order valence-corrected chi connectivity index (χ1v) is 7.17. The van der Waals surface area contributed by atoms with Gasteiger partial charge in [0.1, 0.15) is 5.82 Å². The van der Waals surface area contributed by atoms with Crippen molar-refractivity contribution in [2.45, 2.75) is 26.4 Å². The molecule has 0 radical (unpaired) electrons. The molecule has 0 bridgehead atoms. The summed E-state index contributed by atoms with van der Waals surface area (Å²) in [6.45, 7) is 5.78. The molecule has 1 amide bonds. The second kappa shape index (κ2) is 6.32. The zero-order chi connectivity index (χ0) is 16.3. The van der Waals surface area contributed by atoms with Gasteiger partial charge in [-0.15, -0.1) is 0 Å². The van der Waals surface area contributed by atoms with Gasteiger partial charge in [0.25, 0.3) is 5.91 Å². The van der Waals surface area contributed by atoms with Crippen molar-refractivity contribution in [2.24, 2.45) is 0 Å². The van der Waals surface area contributed by atoms with Gasteiger partial charge in [0.15, 0.2) is 5.76 Å². The van der Waals surface area contributed by atoms with E-state index >= 15 is 0 Å². The van der Waals surface area contributed by atoms with Crippen LogP contribution in [0, 0.1) is 5.82 Å². The molecule has 4 nitrogen and oxygen atoms in total. The molecule has 0 unspecified atom stereocenters. The van der Waals surface area contributed by atoms with E-state index in [1.54, 1.807) is 32.0 Å². The van der Waals surface area contributed by atoms with E-state index < -0.39 is 5.60 Å². The summed E-state index contributed by atoms with van der Waals surface area (Å²) in [5.74, 6) is -0.441. The van der Waals surface area contributed by atoms with Crippen LogP contribution in [-0.2, 0) is 0 Å². The van der Waals surface area contributed by atoms with Crippen LogP contribution in [0.15, 0.2) is 41.0 Å². The van der Waals surface area contributed by atoms with Gasteiger partial charge in [0.2, 0.25) is 0 Å². The molecule has 0 saturated heterocycles. The Morgan fingerprint density at radius 2 is 1.91 bits per heavy atom. The smallest absolute Gasteiger partial charge is 0.290 e. The molecule has 118 valence electrons. The van der Waals surface area contributed by atoms with Crippen molar-refractivity contribution < 1.29 is 18.7 Å². The first-order valence-electron chi connectivity index (χ1n) is 7.17. The second-order valence-corrected chi connectivity index (χ2v) is 5.80. The minimum atomic E-state index is -0.992. The normalized spacial score (nSPS) is 11.5. The predicted octanol–water partition coefficient (Wildman–Crippen LogP) is 3.32. The van der Waals surface area contributed by atoms with Crippen molar-refractivity contribution >= 4 is 5.91 Å². The van der Waals surface area contributed by atoms with Gasteiger partial charge >= 0.3 is 0 Å². The largest absolute Gasteiger partial charge is 0.459 e. The number of rotatable bonds is 5. The molecule has 0 fully saturated rings. The highest BCUT2D eigenvalue weighted by Crippen LogP contribution is 2.26. The Labute approximate surface area is 129 Å². The van der Waals surface area contributed by atoms with Gasteiger partial charge in [-0.1, -0.05) is 12.1 Å². The predicted molar refractivity (Wildman–Crippen MR) is 82.0 cm³/mol. The van der Waals surface area contributed by atoms with Crippen LogP contribution in [0.4, 0.5) is 4.39 Å². The molecular formula is C17H20FNO3. The lowest BCUT2D eigenvalue weighted by molar-refractivity contribution is 0.0299. The molecule has 0 aliphatic rings. The van der Waals surface area contributed by atoms with Crippen molar-refractivity contribution in [1.29, 1.82) is 0 Å². The third kappa shape index (κ3) is 3.74. The first kappa shape index (κ1) is 16.2. The number of aliphatic hydroxyl groups is 1. The SMILES string of the molecule is CCN(CC(C)(C)O)C(=O)c1occc1-c1ccc(F)cc1. The van der Waals surface area contributed by atoms with E-state index in [0.717, 1.165) is 0 Å². The lowest BCUT2D eigenvalue weighted by Crippen LogP contribution is -2.42. The topological polar surface area (TPSA) is 53.7 Å². The van der Waals surface area contributed by atoms with Crippen molar-refractivity contribution in [2.75, 3.05) is 13.1 Å². The number of hydrogen-bond donors (Lipinski definition) is 1. The second-order valence-electron chi connectivity index (χ2n) is 5.80. The highest BCUT2D eigenvalue weighted by Gasteiger charge is 2.26. The molecular weight excluding hydrogens is 285 g/mol. The van der Waals surface area contributed by atoms with Crippen LogP contribution in [0.1, 0.15) is 31.3 Å². The van der Waals surface area contributed by atoms with Gasteiger partial charge in [-0.25, -0.2) is 4.39 Å². The Morgan fingerprint density at radius 1 is 1.27 bits per heavy atom. The summed E-state index contributed by atoms with van der Waals surface area (Å²) >= 11 is 0. The number of hydrogen-bond acceptors (Lipinski definition) is 3. The summed E-state index contributed by atoms with van der Waals surface area (Å²) in [4.78, 5) is 14.1. The lowest BCUT2D eigenvalue weighted by atomic mass is 10.0. The molecule has 2 aromatic rings. The van der Waals surface area contributed by atoms with Crippen LogP contribution in [0.3, 0.4) is 0 Å². The van der Waals surface area contributed by atoms with E-state index in [4.69, 9.17) is 4.42 Å². The number of amides is 1. The van der Waals surface area contributed by atoms with Gasteiger partial charge in [0.05, 0.1) is 11.9 Å². The standard InChI is InChI=1S/C17H20FNO3/c1-4-19(11-17(2,3)21)16(20)15-14(9-10-22-15)12-5-7-13(18)8-6-12/h5-10,21H,4,11H2,1-3H3. The number of benzene rings is 1. The monoisotopic (exact) mass is 305 g/mol. The minimum Gasteiger partial charge on any atom is -0.459 e. The highest BCUT2D eigenvalue weighted by atomic mass is 19.1. The number of likely N-dealkylation sites (N-methyl/N-ethyl adjacent to an activating group) is 1. The maximum atomic E-state index is 13.0. The number of carbonyl (C=O) groups is 1. The molecule has 1 aromatic heterocycles. The fourth-order valence-corrected chi connectivity index (χ4v) is 2.27.